The molecule has 0 radical (unpaired) electrons. The fourth-order valence-electron chi connectivity index (χ4n) is 3.54. The second-order valence-corrected chi connectivity index (χ2v) is 7.38. The monoisotopic (exact) mass is 397 g/mol. The van der Waals surface area contributed by atoms with Crippen LogP contribution in [0.25, 0.3) is 11.0 Å². The second-order valence-electron chi connectivity index (χ2n) is 7.38. The molecule has 1 aromatic heterocycles. The summed E-state index contributed by atoms with van der Waals surface area (Å²) in [5.74, 6) is -0.173. The third-order valence-electron chi connectivity index (χ3n) is 5.20. The summed E-state index contributed by atoms with van der Waals surface area (Å²) >= 11 is 0. The van der Waals surface area contributed by atoms with Crippen LogP contribution < -0.4 is 10.9 Å². The minimum Gasteiger partial charge on any atom is -0.346 e. The first-order chi connectivity index (χ1) is 14.5. The molecule has 3 aromatic carbocycles. The number of nitrogens with one attached hydrogen (secondary N) is 1. The predicted molar refractivity (Wildman–Crippen MR) is 119 cm³/mol. The van der Waals surface area contributed by atoms with Crippen molar-refractivity contribution >= 4 is 16.9 Å². The number of hydrogen-bond acceptors (Lipinski definition) is 3. The summed E-state index contributed by atoms with van der Waals surface area (Å²) in [6.07, 6.45) is 0. The van der Waals surface area contributed by atoms with Gasteiger partial charge in [0, 0.05) is 5.56 Å². The van der Waals surface area contributed by atoms with Crippen LogP contribution in [0.4, 0.5) is 0 Å². The Hall–Kier alpha value is -3.73. The Morgan fingerprint density at radius 3 is 2.37 bits per heavy atom. The van der Waals surface area contributed by atoms with E-state index in [0.29, 0.717) is 28.8 Å². The van der Waals surface area contributed by atoms with Crippen molar-refractivity contribution in [2.75, 3.05) is 0 Å². The number of fused-ring (bicyclic) bond motifs is 1. The SMILES string of the molecule is Cc1nc2cc(C(=O)N[C@@H](C)c3ccccc3)ccc2n(Cc2ccccc2)c1=O. The normalized spacial score (nSPS) is 11.9. The van der Waals surface area contributed by atoms with Gasteiger partial charge in [-0.25, -0.2) is 4.98 Å². The Morgan fingerprint density at radius 1 is 1.00 bits per heavy atom. The number of hydrogen-bond donors (Lipinski definition) is 1. The van der Waals surface area contributed by atoms with Crippen molar-refractivity contribution < 1.29 is 4.79 Å². The van der Waals surface area contributed by atoms with Crippen molar-refractivity contribution in [1.29, 1.82) is 0 Å². The molecule has 0 saturated carbocycles. The van der Waals surface area contributed by atoms with Gasteiger partial charge in [-0.2, -0.15) is 0 Å². The quantitative estimate of drug-likeness (QED) is 0.548. The van der Waals surface area contributed by atoms with E-state index in [1.165, 1.54) is 0 Å². The van der Waals surface area contributed by atoms with E-state index in [2.05, 4.69) is 10.3 Å². The highest BCUT2D eigenvalue weighted by atomic mass is 16.1. The smallest absolute Gasteiger partial charge is 0.272 e. The minimum absolute atomic E-state index is 0.115. The summed E-state index contributed by atoms with van der Waals surface area (Å²) < 4.78 is 1.71. The van der Waals surface area contributed by atoms with E-state index in [1.54, 1.807) is 29.7 Å². The van der Waals surface area contributed by atoms with E-state index in [-0.39, 0.29) is 17.5 Å². The molecule has 0 unspecified atom stereocenters. The van der Waals surface area contributed by atoms with Crippen LogP contribution in [0.1, 0.15) is 40.1 Å². The molecular formula is C25H23N3O2. The average Bonchev–Trinajstić information content (AvgIpc) is 2.77. The molecule has 5 heteroatoms. The summed E-state index contributed by atoms with van der Waals surface area (Å²) in [7, 11) is 0. The zero-order valence-corrected chi connectivity index (χ0v) is 17.0. The molecule has 4 aromatic rings. The molecule has 0 bridgehead atoms. The average molecular weight is 397 g/mol. The van der Waals surface area contributed by atoms with Gasteiger partial charge in [0.15, 0.2) is 0 Å². The topological polar surface area (TPSA) is 64.0 Å². The summed E-state index contributed by atoms with van der Waals surface area (Å²) in [4.78, 5) is 30.0. The number of aryl methyl sites for hydroxylation is 1. The van der Waals surface area contributed by atoms with Gasteiger partial charge < -0.3 is 9.88 Å². The lowest BCUT2D eigenvalue weighted by Crippen LogP contribution is -2.27. The van der Waals surface area contributed by atoms with Crippen molar-refractivity contribution in [3.63, 3.8) is 0 Å². The first-order valence-corrected chi connectivity index (χ1v) is 9.94. The first kappa shape index (κ1) is 19.6. The zero-order valence-electron chi connectivity index (χ0n) is 17.0. The second kappa shape index (κ2) is 8.33. The van der Waals surface area contributed by atoms with Gasteiger partial charge in [0.05, 0.1) is 23.6 Å². The van der Waals surface area contributed by atoms with Crippen molar-refractivity contribution in [1.82, 2.24) is 14.9 Å². The first-order valence-electron chi connectivity index (χ1n) is 9.94. The van der Waals surface area contributed by atoms with Gasteiger partial charge in [0.25, 0.3) is 11.5 Å². The molecule has 0 saturated heterocycles. The Balaban J connectivity index is 1.66. The molecule has 4 rings (SSSR count). The van der Waals surface area contributed by atoms with E-state index in [1.807, 2.05) is 67.6 Å². The molecule has 1 heterocycles. The number of rotatable bonds is 5. The van der Waals surface area contributed by atoms with Crippen LogP contribution in [0.5, 0.6) is 0 Å². The highest BCUT2D eigenvalue weighted by Gasteiger charge is 2.14. The molecule has 30 heavy (non-hydrogen) atoms. The van der Waals surface area contributed by atoms with Gasteiger partial charge in [0.2, 0.25) is 0 Å². The van der Waals surface area contributed by atoms with Crippen molar-refractivity contribution in [2.24, 2.45) is 0 Å². The number of carbonyl (C=O) groups is 1. The molecule has 1 N–H and O–H groups in total. The van der Waals surface area contributed by atoms with E-state index < -0.39 is 0 Å². The summed E-state index contributed by atoms with van der Waals surface area (Å²) in [6.45, 7) is 4.11. The molecule has 0 aliphatic heterocycles. The molecular weight excluding hydrogens is 374 g/mol. The summed E-state index contributed by atoms with van der Waals surface area (Å²) in [5.41, 5.74) is 4.21. The largest absolute Gasteiger partial charge is 0.346 e. The van der Waals surface area contributed by atoms with Crippen LogP contribution in [-0.2, 0) is 6.54 Å². The number of carbonyl (C=O) groups excluding carboxylic acids is 1. The van der Waals surface area contributed by atoms with Gasteiger partial charge >= 0.3 is 0 Å². The molecule has 1 atom stereocenters. The maximum atomic E-state index is 12.8. The van der Waals surface area contributed by atoms with Crippen LogP contribution >= 0.6 is 0 Å². The van der Waals surface area contributed by atoms with Gasteiger partial charge in [-0.15, -0.1) is 0 Å². The van der Waals surface area contributed by atoms with Crippen molar-refractivity contribution in [3.8, 4) is 0 Å². The van der Waals surface area contributed by atoms with E-state index in [4.69, 9.17) is 0 Å². The molecule has 0 aliphatic carbocycles. The molecule has 0 aliphatic rings. The molecule has 150 valence electrons. The fourth-order valence-corrected chi connectivity index (χ4v) is 3.54. The molecule has 0 spiro atoms. The van der Waals surface area contributed by atoms with Crippen molar-refractivity contribution in [2.45, 2.75) is 26.4 Å². The highest BCUT2D eigenvalue weighted by molar-refractivity contribution is 5.97. The minimum atomic E-state index is -0.173. The van der Waals surface area contributed by atoms with Gasteiger partial charge in [-0.3, -0.25) is 9.59 Å². The lowest BCUT2D eigenvalue weighted by Gasteiger charge is -2.15. The predicted octanol–water partition coefficient (Wildman–Crippen LogP) is 4.24. The standard InChI is InChI=1S/C25H23N3O2/c1-17(20-11-7-4-8-12-20)27-24(29)21-13-14-23-22(15-21)26-18(2)25(30)28(23)16-19-9-5-3-6-10-19/h3-15,17H,16H2,1-2H3,(H,27,29)/t17-/m0/s1. The zero-order chi connectivity index (χ0) is 21.1. The number of amides is 1. The highest BCUT2D eigenvalue weighted by Crippen LogP contribution is 2.17. The van der Waals surface area contributed by atoms with Gasteiger partial charge in [0.1, 0.15) is 5.69 Å². The Kier molecular flexibility index (Phi) is 5.44. The molecule has 1 amide bonds. The van der Waals surface area contributed by atoms with Crippen LogP contribution in [0.15, 0.2) is 83.7 Å². The Morgan fingerprint density at radius 2 is 1.67 bits per heavy atom. The maximum Gasteiger partial charge on any atom is 0.272 e. The third kappa shape index (κ3) is 4.01. The number of benzene rings is 3. The maximum absolute atomic E-state index is 12.8. The summed E-state index contributed by atoms with van der Waals surface area (Å²) in [5, 5.41) is 3.02. The lowest BCUT2D eigenvalue weighted by atomic mass is 10.1. The van der Waals surface area contributed by atoms with Gasteiger partial charge in [-0.1, -0.05) is 60.7 Å². The fraction of sp³-hybridized carbons (Fsp3) is 0.160. The number of nitrogens with zero attached hydrogens (tertiary/aromatic N) is 2. The van der Waals surface area contributed by atoms with Crippen LogP contribution in [-0.4, -0.2) is 15.5 Å². The van der Waals surface area contributed by atoms with Gasteiger partial charge in [-0.05, 0) is 43.2 Å². The molecule has 0 fully saturated rings. The lowest BCUT2D eigenvalue weighted by molar-refractivity contribution is 0.0940. The van der Waals surface area contributed by atoms with Crippen LogP contribution in [0, 0.1) is 6.92 Å². The van der Waals surface area contributed by atoms with E-state index >= 15 is 0 Å². The summed E-state index contributed by atoms with van der Waals surface area (Å²) in [6, 6.07) is 24.8. The molecule has 5 nitrogen and oxygen atoms in total. The van der Waals surface area contributed by atoms with Crippen molar-refractivity contribution in [3.05, 3.63) is 112 Å². The Labute approximate surface area is 175 Å². The van der Waals surface area contributed by atoms with E-state index in [0.717, 1.165) is 11.1 Å². The van der Waals surface area contributed by atoms with Crippen LogP contribution in [0.2, 0.25) is 0 Å². The Bertz CT molecular complexity index is 1250. The third-order valence-corrected chi connectivity index (χ3v) is 5.20. The van der Waals surface area contributed by atoms with Crippen LogP contribution in [0.3, 0.4) is 0 Å². The van der Waals surface area contributed by atoms with E-state index in [9.17, 15) is 9.59 Å². The number of aromatic nitrogens is 2.